The van der Waals surface area contributed by atoms with E-state index in [1.807, 2.05) is 43.5 Å². The molecule has 1 aliphatic heterocycles. The van der Waals surface area contributed by atoms with Gasteiger partial charge in [-0.3, -0.25) is 4.79 Å². The van der Waals surface area contributed by atoms with Crippen LogP contribution in [0.5, 0.6) is 0 Å². The molecule has 0 radical (unpaired) electrons. The maximum Gasteiger partial charge on any atom is 0.272 e. The van der Waals surface area contributed by atoms with Crippen LogP contribution in [-0.2, 0) is 4.74 Å². The largest absolute Gasteiger partial charge is 0.385 e. The summed E-state index contributed by atoms with van der Waals surface area (Å²) in [5.74, 6) is 0. The van der Waals surface area contributed by atoms with Crippen LogP contribution in [0.4, 0.5) is 5.69 Å². The van der Waals surface area contributed by atoms with Crippen LogP contribution in [0.25, 0.3) is 22.0 Å². The molecule has 0 amide bonds. The number of methoxy groups -OCH3 is 1. The molecule has 164 valence electrons. The first-order valence-electron chi connectivity index (χ1n) is 11.3. The number of nitrogens with one attached hydrogen (secondary N) is 2. The molecule has 0 aliphatic carbocycles. The summed E-state index contributed by atoms with van der Waals surface area (Å²) in [6, 6.07) is 15.8. The number of likely N-dealkylation sites (tertiary alicyclic amines) is 1. The second kappa shape index (κ2) is 10.6. The maximum absolute atomic E-state index is 12.0. The standard InChI is InChI=1S/C25H32N4O2/c1-31-21-11-8-16-29(18-21)15-6-2-5-14-26-20-10-7-9-19(17-20)24-22-12-3-4-13-23(22)25(30)28-27-24/h3-4,7,9-10,12-13,17,21,26H,2,5-6,8,11,14-16,18H2,1H3,(H,28,30)/t21-/m0/s1. The van der Waals surface area contributed by atoms with Crippen molar-refractivity contribution in [3.8, 4) is 11.3 Å². The Morgan fingerprint density at radius 3 is 2.87 bits per heavy atom. The lowest BCUT2D eigenvalue weighted by Gasteiger charge is -2.31. The Balaban J connectivity index is 1.28. The zero-order valence-electron chi connectivity index (χ0n) is 18.3. The number of hydrogen-bond donors (Lipinski definition) is 2. The zero-order valence-corrected chi connectivity index (χ0v) is 18.3. The SMILES string of the molecule is CO[C@H]1CCCN(CCCCCNc2cccc(-c3n[nH]c(=O)c4ccccc34)c2)C1. The number of nitrogens with zero attached hydrogens (tertiary/aromatic N) is 2. The van der Waals surface area contributed by atoms with Crippen molar-refractivity contribution in [3.63, 3.8) is 0 Å². The Morgan fingerprint density at radius 2 is 2.00 bits per heavy atom. The molecule has 2 aromatic carbocycles. The van der Waals surface area contributed by atoms with Gasteiger partial charge in [0.05, 0.1) is 17.2 Å². The molecular formula is C25H32N4O2. The van der Waals surface area contributed by atoms with Crippen molar-refractivity contribution in [2.24, 2.45) is 0 Å². The van der Waals surface area contributed by atoms with Crippen molar-refractivity contribution in [1.29, 1.82) is 0 Å². The molecule has 31 heavy (non-hydrogen) atoms. The minimum absolute atomic E-state index is 0.157. The van der Waals surface area contributed by atoms with E-state index in [2.05, 4.69) is 32.5 Å². The van der Waals surface area contributed by atoms with Gasteiger partial charge in [-0.25, -0.2) is 5.10 Å². The molecule has 0 saturated carbocycles. The summed E-state index contributed by atoms with van der Waals surface area (Å²) in [5, 5.41) is 12.0. The second-order valence-electron chi connectivity index (χ2n) is 8.32. The van der Waals surface area contributed by atoms with Gasteiger partial charge in [-0.1, -0.05) is 36.8 Å². The van der Waals surface area contributed by atoms with E-state index in [0.29, 0.717) is 11.5 Å². The van der Waals surface area contributed by atoms with Gasteiger partial charge >= 0.3 is 0 Å². The summed E-state index contributed by atoms with van der Waals surface area (Å²) >= 11 is 0. The Hall–Kier alpha value is -2.70. The van der Waals surface area contributed by atoms with Crippen molar-refractivity contribution in [2.75, 3.05) is 38.6 Å². The van der Waals surface area contributed by atoms with Crippen LogP contribution in [-0.4, -0.2) is 54.5 Å². The number of piperidine rings is 1. The van der Waals surface area contributed by atoms with E-state index in [1.54, 1.807) is 0 Å². The van der Waals surface area contributed by atoms with Gasteiger partial charge in [0.25, 0.3) is 5.56 Å². The smallest absolute Gasteiger partial charge is 0.272 e. The third-order valence-electron chi connectivity index (χ3n) is 6.11. The minimum Gasteiger partial charge on any atom is -0.385 e. The van der Waals surface area contributed by atoms with Crippen LogP contribution in [0, 0.1) is 0 Å². The van der Waals surface area contributed by atoms with Gasteiger partial charge in [0.1, 0.15) is 0 Å². The molecule has 1 atom stereocenters. The van der Waals surface area contributed by atoms with Gasteiger partial charge in [0, 0.05) is 36.8 Å². The molecule has 0 bridgehead atoms. The first kappa shape index (κ1) is 21.5. The highest BCUT2D eigenvalue weighted by molar-refractivity contribution is 5.94. The zero-order chi connectivity index (χ0) is 21.5. The normalized spacial score (nSPS) is 17.1. The highest BCUT2D eigenvalue weighted by atomic mass is 16.5. The predicted octanol–water partition coefficient (Wildman–Crippen LogP) is 4.28. The number of H-pyrrole nitrogens is 1. The molecule has 3 aromatic rings. The molecule has 1 saturated heterocycles. The number of aromatic amines is 1. The van der Waals surface area contributed by atoms with E-state index in [9.17, 15) is 4.79 Å². The van der Waals surface area contributed by atoms with Gasteiger partial charge in [-0.15, -0.1) is 0 Å². The molecule has 2 heterocycles. The Bertz CT molecular complexity index is 1050. The van der Waals surface area contributed by atoms with Gasteiger partial charge in [-0.2, -0.15) is 5.10 Å². The van der Waals surface area contributed by atoms with E-state index < -0.39 is 0 Å². The van der Waals surface area contributed by atoms with Crippen LogP contribution < -0.4 is 10.9 Å². The monoisotopic (exact) mass is 420 g/mol. The molecular weight excluding hydrogens is 388 g/mol. The molecule has 6 nitrogen and oxygen atoms in total. The fraction of sp³-hybridized carbons (Fsp3) is 0.440. The first-order chi connectivity index (χ1) is 15.2. The maximum atomic E-state index is 12.0. The number of hydrogen-bond acceptors (Lipinski definition) is 5. The van der Waals surface area contributed by atoms with Gasteiger partial charge < -0.3 is 15.0 Å². The molecule has 0 spiro atoms. The first-order valence-corrected chi connectivity index (χ1v) is 11.3. The Morgan fingerprint density at radius 1 is 1.13 bits per heavy atom. The minimum atomic E-state index is -0.157. The summed E-state index contributed by atoms with van der Waals surface area (Å²) in [6.07, 6.45) is 6.44. The molecule has 6 heteroatoms. The third kappa shape index (κ3) is 5.51. The number of unbranched alkanes of at least 4 members (excludes halogenated alkanes) is 2. The van der Waals surface area contributed by atoms with Crippen LogP contribution >= 0.6 is 0 Å². The Kier molecular flexibility index (Phi) is 7.33. The van der Waals surface area contributed by atoms with E-state index in [-0.39, 0.29) is 5.56 Å². The molecule has 1 fully saturated rings. The summed E-state index contributed by atoms with van der Waals surface area (Å²) in [7, 11) is 1.82. The number of fused-ring (bicyclic) bond motifs is 1. The lowest BCUT2D eigenvalue weighted by atomic mass is 10.0. The number of benzene rings is 2. The number of anilines is 1. The summed E-state index contributed by atoms with van der Waals surface area (Å²) in [4.78, 5) is 14.6. The van der Waals surface area contributed by atoms with Gasteiger partial charge in [0.15, 0.2) is 0 Å². The fourth-order valence-electron chi connectivity index (χ4n) is 4.39. The van der Waals surface area contributed by atoms with E-state index in [1.165, 1.54) is 38.8 Å². The van der Waals surface area contributed by atoms with Crippen molar-refractivity contribution in [2.45, 2.75) is 38.2 Å². The van der Waals surface area contributed by atoms with E-state index in [4.69, 9.17) is 4.74 Å². The highest BCUT2D eigenvalue weighted by Crippen LogP contribution is 2.26. The molecule has 4 rings (SSSR count). The second-order valence-corrected chi connectivity index (χ2v) is 8.32. The van der Waals surface area contributed by atoms with E-state index in [0.717, 1.165) is 41.8 Å². The number of rotatable bonds is 9. The van der Waals surface area contributed by atoms with Crippen LogP contribution in [0.3, 0.4) is 0 Å². The fourth-order valence-corrected chi connectivity index (χ4v) is 4.39. The van der Waals surface area contributed by atoms with E-state index >= 15 is 0 Å². The molecule has 0 unspecified atom stereocenters. The van der Waals surface area contributed by atoms with Gasteiger partial charge in [0.2, 0.25) is 0 Å². The summed E-state index contributed by atoms with van der Waals surface area (Å²) < 4.78 is 5.51. The Labute approximate surface area is 183 Å². The van der Waals surface area contributed by atoms with Crippen LogP contribution in [0.15, 0.2) is 53.3 Å². The van der Waals surface area contributed by atoms with Gasteiger partial charge in [-0.05, 0) is 57.0 Å². The van der Waals surface area contributed by atoms with Crippen molar-refractivity contribution in [3.05, 3.63) is 58.9 Å². The highest BCUT2D eigenvalue weighted by Gasteiger charge is 2.18. The molecule has 1 aromatic heterocycles. The summed E-state index contributed by atoms with van der Waals surface area (Å²) in [6.45, 7) is 4.40. The third-order valence-corrected chi connectivity index (χ3v) is 6.11. The number of ether oxygens (including phenoxy) is 1. The van der Waals surface area contributed by atoms with Crippen molar-refractivity contribution in [1.82, 2.24) is 15.1 Å². The molecule has 1 aliphatic rings. The predicted molar refractivity (Wildman–Crippen MR) is 127 cm³/mol. The van der Waals surface area contributed by atoms with Crippen molar-refractivity contribution >= 4 is 16.5 Å². The average molecular weight is 421 g/mol. The molecule has 2 N–H and O–H groups in total. The quantitative estimate of drug-likeness (QED) is 0.506. The lowest BCUT2D eigenvalue weighted by Crippen LogP contribution is -2.39. The average Bonchev–Trinajstić information content (AvgIpc) is 2.82. The van der Waals surface area contributed by atoms with Crippen LogP contribution in [0.1, 0.15) is 32.1 Å². The van der Waals surface area contributed by atoms with Crippen LogP contribution in [0.2, 0.25) is 0 Å². The number of aromatic nitrogens is 2. The topological polar surface area (TPSA) is 70.2 Å². The summed E-state index contributed by atoms with van der Waals surface area (Å²) in [5.41, 5.74) is 2.72. The lowest BCUT2D eigenvalue weighted by molar-refractivity contribution is 0.0309. The van der Waals surface area contributed by atoms with Crippen molar-refractivity contribution < 1.29 is 4.74 Å².